The average Bonchev–Trinajstić information content (AvgIpc) is 1.82. The van der Waals surface area contributed by atoms with Gasteiger partial charge in [0.05, 0.1) is 19.9 Å². The van der Waals surface area contributed by atoms with E-state index in [2.05, 4.69) is 19.9 Å². The summed E-state index contributed by atoms with van der Waals surface area (Å²) in [6, 6.07) is 12.5. The second kappa shape index (κ2) is 36.4. The lowest BCUT2D eigenvalue weighted by molar-refractivity contribution is -0.187. The van der Waals surface area contributed by atoms with E-state index in [1.165, 1.54) is 52.1 Å². The maximum absolute atomic E-state index is 13.8. The van der Waals surface area contributed by atoms with Gasteiger partial charge in [0.15, 0.2) is 73.2 Å². The number of hydrogen-bond donors (Lipinski definition) is 1. The van der Waals surface area contributed by atoms with E-state index in [1.54, 1.807) is 48.5 Å². The first kappa shape index (κ1) is 76.7. The molecule has 2 aromatic carbocycles. The van der Waals surface area contributed by atoms with Crippen LogP contribution in [0.15, 0.2) is 60.9 Å². The van der Waals surface area contributed by atoms with Crippen molar-refractivity contribution >= 4 is 95.2 Å². The molecule has 0 saturated heterocycles. The molecule has 0 aliphatic rings. The van der Waals surface area contributed by atoms with E-state index in [4.69, 9.17) is 56.8 Å². The molecule has 3 rings (SSSR count). The summed E-state index contributed by atoms with van der Waals surface area (Å²) in [6.07, 6.45) is -15.8. The van der Waals surface area contributed by atoms with Crippen LogP contribution in [-0.2, 0) is 130 Å². The number of ether oxygens (including phenoxy) is 14. The molecule has 1 aromatic heterocycles. The Bertz CT molecular complexity index is 3210. The van der Waals surface area contributed by atoms with Crippen LogP contribution in [0.25, 0.3) is 11.1 Å². The number of urea groups is 1. The third-order valence-corrected chi connectivity index (χ3v) is 12.3. The SMILES string of the molecule is COc1cccc(CN(CCOC(=O)[C@H](C)OC(=O)[C@H](C)OC(=O)[C@H](C)OC(=O)[C@H](C)OC(=O)[C@H](C)OC(=O)[C@H](C)OC(C)=O)C(=O)Nc2ccc(-c3cnn(C(=O)[C@H](C)OC(=O)[C@H](C)OC(=O)[C@H](C)OC(=O)[C@H](C)OC(=O)[C@H](C)OC(=O)[C@H](C)OC(C)=O)c3)cc2)c1. The van der Waals surface area contributed by atoms with Gasteiger partial charge in [0.25, 0.3) is 5.91 Å². The van der Waals surface area contributed by atoms with Crippen molar-refractivity contribution in [1.29, 1.82) is 0 Å². The molecule has 33 nitrogen and oxygen atoms in total. The molecule has 1 heterocycles. The number of nitrogens with one attached hydrogen (secondary N) is 1. The number of anilines is 1. The molecule has 1 N–H and O–H groups in total. The summed E-state index contributed by atoms with van der Waals surface area (Å²) < 4.78 is 71.0. The van der Waals surface area contributed by atoms with Gasteiger partial charge in [-0.3, -0.25) is 14.4 Å². The Labute approximate surface area is 532 Å². The summed E-state index contributed by atoms with van der Waals surface area (Å²) in [6.45, 7) is 15.3. The Kier molecular flexibility index (Phi) is 30.0. The maximum atomic E-state index is 13.8. The lowest BCUT2D eigenvalue weighted by Crippen LogP contribution is -2.39. The molecule has 0 spiro atoms. The normalized spacial score (nSPS) is 14.7. The van der Waals surface area contributed by atoms with Gasteiger partial charge in [-0.1, -0.05) is 24.3 Å². The van der Waals surface area contributed by atoms with Crippen LogP contribution in [0.4, 0.5) is 10.5 Å². The number of benzene rings is 2. The van der Waals surface area contributed by atoms with Crippen LogP contribution in [0.1, 0.15) is 107 Å². The van der Waals surface area contributed by atoms with Gasteiger partial charge < -0.3 is 76.5 Å². The molecular weight excluding hydrogens is 1240 g/mol. The number of nitrogens with zero attached hydrogens (tertiary/aromatic N) is 3. The lowest BCUT2D eigenvalue weighted by atomic mass is 10.1. The third kappa shape index (κ3) is 25.4. The minimum atomic E-state index is -1.65. The number of amides is 2. The van der Waals surface area contributed by atoms with Crippen LogP contribution in [0.5, 0.6) is 5.75 Å². The summed E-state index contributed by atoms with van der Waals surface area (Å²) in [5.41, 5.74) is 1.87. The van der Waals surface area contributed by atoms with E-state index in [0.717, 1.165) is 73.9 Å². The number of rotatable bonds is 32. The van der Waals surface area contributed by atoms with E-state index in [9.17, 15) is 71.9 Å². The van der Waals surface area contributed by atoms with E-state index in [-0.39, 0.29) is 13.1 Å². The van der Waals surface area contributed by atoms with Gasteiger partial charge in [0, 0.05) is 37.8 Å². The Hall–Kier alpha value is -10.5. The molecule has 0 aliphatic carbocycles. The first-order valence-electron chi connectivity index (χ1n) is 28.5. The number of esters is 13. The van der Waals surface area contributed by atoms with Gasteiger partial charge in [-0.15, -0.1) is 0 Å². The van der Waals surface area contributed by atoms with Crippen molar-refractivity contribution in [2.24, 2.45) is 0 Å². The fourth-order valence-corrected chi connectivity index (χ4v) is 7.12. The van der Waals surface area contributed by atoms with Crippen molar-refractivity contribution in [3.8, 4) is 16.9 Å². The zero-order chi connectivity index (χ0) is 70.1. The predicted molar refractivity (Wildman–Crippen MR) is 310 cm³/mol. The molecule has 2 amide bonds. The molecule has 0 aliphatic heterocycles. The van der Waals surface area contributed by atoms with Crippen molar-refractivity contribution < 1.29 is 138 Å². The highest BCUT2D eigenvalue weighted by molar-refractivity contribution is 5.92. The van der Waals surface area contributed by atoms with E-state index < -0.39 is 169 Å². The minimum absolute atomic E-state index is 0.0183. The standard InChI is InChI=1S/C60H74N4O29/c1-29(84-52(71)33(5)88-56(75)37(9)92-58(77)39(11)90-54(73)35(7)86-50(69)31(3)82-41(13)65)48(67)64-28-45(26-61-64)44-19-21-46(22-20-44)62-60(79)63(27-43-17-16-18-47(25-43)80-15)23-24-81-49(68)30(2)85-53(72)34(6)89-57(76)38(10)93-59(78)40(12)91-55(74)36(8)87-51(70)32(4)83-42(14)66/h16-22,25-26,28-40H,23-24,27H2,1-15H3,(H,62,79)/t29-,30-,31-,32-,33-,34-,35-,36-,37-,38-,39-,40-/m0/s1. The van der Waals surface area contributed by atoms with Crippen molar-refractivity contribution in [2.75, 3.05) is 25.6 Å². The van der Waals surface area contributed by atoms with Crippen molar-refractivity contribution in [1.82, 2.24) is 14.7 Å². The highest BCUT2D eigenvalue weighted by atomic mass is 16.7. The smallest absolute Gasteiger partial charge is 0.347 e. The zero-order valence-electron chi connectivity index (χ0n) is 53.5. The molecule has 0 bridgehead atoms. The van der Waals surface area contributed by atoms with Gasteiger partial charge in [-0.05, 0) is 118 Å². The topological polar surface area (TPSA) is 418 Å². The second-order valence-electron chi connectivity index (χ2n) is 20.3. The van der Waals surface area contributed by atoms with Crippen molar-refractivity contribution in [2.45, 2.75) is 177 Å². The lowest BCUT2D eigenvalue weighted by Gasteiger charge is -2.24. The molecule has 0 unspecified atom stereocenters. The Morgan fingerprint density at radius 1 is 0.430 bits per heavy atom. The van der Waals surface area contributed by atoms with Crippen LogP contribution >= 0.6 is 0 Å². The number of hydrogen-bond acceptors (Lipinski definition) is 30. The highest BCUT2D eigenvalue weighted by Gasteiger charge is 2.35. The molecule has 33 heteroatoms. The third-order valence-electron chi connectivity index (χ3n) is 12.3. The summed E-state index contributed by atoms with van der Waals surface area (Å²) in [4.78, 5) is 189. The van der Waals surface area contributed by atoms with Crippen molar-refractivity contribution in [3.05, 3.63) is 66.5 Å². The Balaban J connectivity index is 1.53. The van der Waals surface area contributed by atoms with E-state index in [1.807, 2.05) is 0 Å². The van der Waals surface area contributed by atoms with Crippen LogP contribution in [0.2, 0.25) is 0 Å². The predicted octanol–water partition coefficient (Wildman–Crippen LogP) is 3.00. The number of methoxy groups -OCH3 is 1. The molecule has 0 saturated carbocycles. The fourth-order valence-electron chi connectivity index (χ4n) is 7.12. The molecule has 12 atom stereocenters. The van der Waals surface area contributed by atoms with Gasteiger partial charge in [0.1, 0.15) is 12.4 Å². The van der Waals surface area contributed by atoms with E-state index in [0.29, 0.717) is 28.1 Å². The van der Waals surface area contributed by atoms with Crippen molar-refractivity contribution in [3.63, 3.8) is 0 Å². The van der Waals surface area contributed by atoms with Gasteiger partial charge in [-0.25, -0.2) is 62.2 Å². The molecular formula is C60H74N4O29. The molecule has 0 fully saturated rings. The molecule has 508 valence electrons. The first-order valence-corrected chi connectivity index (χ1v) is 28.5. The highest BCUT2D eigenvalue weighted by Crippen LogP contribution is 2.23. The van der Waals surface area contributed by atoms with Crippen LogP contribution < -0.4 is 10.1 Å². The summed E-state index contributed by atoms with van der Waals surface area (Å²) in [5, 5.41) is 6.84. The first-order chi connectivity index (χ1) is 43.5. The summed E-state index contributed by atoms with van der Waals surface area (Å²) in [7, 11) is 1.46. The average molecular weight is 1320 g/mol. The molecule has 93 heavy (non-hydrogen) atoms. The fraction of sp³-hybridized carbons (Fsp3) is 0.500. The Morgan fingerprint density at radius 3 is 1.11 bits per heavy atom. The molecule has 3 aromatic rings. The van der Waals surface area contributed by atoms with Crippen LogP contribution in [-0.4, -0.2) is 198 Å². The largest absolute Gasteiger partial charge is 0.497 e. The Morgan fingerprint density at radius 2 is 0.763 bits per heavy atom. The monoisotopic (exact) mass is 1310 g/mol. The molecule has 0 radical (unpaired) electrons. The summed E-state index contributed by atoms with van der Waals surface area (Å²) in [5.74, 6) is -14.6. The van der Waals surface area contributed by atoms with Crippen LogP contribution in [0, 0.1) is 0 Å². The maximum Gasteiger partial charge on any atom is 0.347 e. The number of aromatic nitrogens is 2. The van der Waals surface area contributed by atoms with Crippen LogP contribution in [0.3, 0.4) is 0 Å². The van der Waals surface area contributed by atoms with Gasteiger partial charge >= 0.3 is 83.6 Å². The summed E-state index contributed by atoms with van der Waals surface area (Å²) >= 11 is 0. The zero-order valence-corrected chi connectivity index (χ0v) is 53.5. The number of carbonyl (C=O) groups is 15. The van der Waals surface area contributed by atoms with Gasteiger partial charge in [-0.2, -0.15) is 5.10 Å². The van der Waals surface area contributed by atoms with E-state index >= 15 is 0 Å². The van der Waals surface area contributed by atoms with Gasteiger partial charge in [0.2, 0.25) is 0 Å². The minimum Gasteiger partial charge on any atom is -0.497 e. The number of carbonyl (C=O) groups excluding carboxylic acids is 15. The quantitative estimate of drug-likeness (QED) is 0.0693. The second-order valence-corrected chi connectivity index (χ2v) is 20.3.